The second-order valence-electron chi connectivity index (χ2n) is 4.19. The van der Waals surface area contributed by atoms with Crippen LogP contribution in [0.5, 0.6) is 0 Å². The Morgan fingerprint density at radius 3 is 2.56 bits per heavy atom. The fraction of sp³-hybridized carbons (Fsp3) is 0.667. The van der Waals surface area contributed by atoms with E-state index in [9.17, 15) is 14.7 Å². The Bertz CT molecular complexity index is 320. The number of Topliss-reactive ketones (excluding diaryl/α,β-unsaturated/α-hetero) is 1. The average Bonchev–Trinajstić information content (AvgIpc) is 2.49. The maximum atomic E-state index is 11.4. The highest BCUT2D eigenvalue weighted by Crippen LogP contribution is 2.20. The van der Waals surface area contributed by atoms with Crippen LogP contribution in [0.1, 0.15) is 46.0 Å². The van der Waals surface area contributed by atoms with Crippen LogP contribution in [-0.4, -0.2) is 22.8 Å². The van der Waals surface area contributed by atoms with Gasteiger partial charge in [-0.3, -0.25) is 9.59 Å². The molecule has 0 saturated carbocycles. The van der Waals surface area contributed by atoms with Crippen LogP contribution in [0.25, 0.3) is 0 Å². The molecule has 0 saturated heterocycles. The van der Waals surface area contributed by atoms with Gasteiger partial charge >= 0.3 is 0 Å². The Morgan fingerprint density at radius 1 is 1.38 bits per heavy atom. The molecule has 0 fully saturated rings. The van der Waals surface area contributed by atoms with Crippen molar-refractivity contribution in [3.63, 3.8) is 0 Å². The van der Waals surface area contributed by atoms with Crippen molar-refractivity contribution in [2.75, 3.05) is 0 Å². The van der Waals surface area contributed by atoms with E-state index in [1.54, 1.807) is 0 Å². The van der Waals surface area contributed by atoms with E-state index in [2.05, 4.69) is 12.2 Å². The molecule has 1 aliphatic rings. The monoisotopic (exact) mass is 225 g/mol. The van der Waals surface area contributed by atoms with Gasteiger partial charge in [-0.1, -0.05) is 32.6 Å². The van der Waals surface area contributed by atoms with Crippen molar-refractivity contribution in [1.82, 2.24) is 5.32 Å². The fourth-order valence-corrected chi connectivity index (χ4v) is 1.91. The zero-order valence-corrected chi connectivity index (χ0v) is 9.88. The first kappa shape index (κ1) is 12.7. The number of ketones is 1. The standard InChI is InChI=1S/C12H19NO3/c1-3-4-5-6-7-9-11(15)10(8(2)14)12(16)13-9/h9,15H,3-7H2,1-2H3,(H,13,16). The Hall–Kier alpha value is -1.32. The van der Waals surface area contributed by atoms with Gasteiger partial charge in [-0.05, 0) is 13.3 Å². The summed E-state index contributed by atoms with van der Waals surface area (Å²) < 4.78 is 0. The summed E-state index contributed by atoms with van der Waals surface area (Å²) in [7, 11) is 0. The molecule has 90 valence electrons. The molecule has 4 heteroatoms. The van der Waals surface area contributed by atoms with Crippen LogP contribution in [0.2, 0.25) is 0 Å². The molecule has 0 bridgehead atoms. The van der Waals surface area contributed by atoms with E-state index >= 15 is 0 Å². The summed E-state index contributed by atoms with van der Waals surface area (Å²) in [6.45, 7) is 3.42. The quantitative estimate of drug-likeness (QED) is 0.535. The molecule has 0 radical (unpaired) electrons. The number of amides is 1. The normalized spacial score (nSPS) is 20.1. The maximum Gasteiger partial charge on any atom is 0.258 e. The Balaban J connectivity index is 2.52. The minimum absolute atomic E-state index is 0.0690. The van der Waals surface area contributed by atoms with E-state index in [1.807, 2.05) is 0 Å². The number of hydrogen-bond donors (Lipinski definition) is 2. The van der Waals surface area contributed by atoms with Crippen molar-refractivity contribution in [1.29, 1.82) is 0 Å². The lowest BCUT2D eigenvalue weighted by Crippen LogP contribution is -2.29. The van der Waals surface area contributed by atoms with E-state index in [1.165, 1.54) is 6.92 Å². The molecule has 0 aromatic carbocycles. The molecule has 1 heterocycles. The lowest BCUT2D eigenvalue weighted by molar-refractivity contribution is -0.121. The van der Waals surface area contributed by atoms with E-state index in [4.69, 9.17) is 0 Å². The van der Waals surface area contributed by atoms with Gasteiger partial charge in [0.25, 0.3) is 5.91 Å². The molecular formula is C12H19NO3. The summed E-state index contributed by atoms with van der Waals surface area (Å²) in [5, 5.41) is 12.3. The molecule has 0 aromatic heterocycles. The number of hydrogen-bond acceptors (Lipinski definition) is 3. The number of unbranched alkanes of at least 4 members (excludes halogenated alkanes) is 3. The number of nitrogens with one attached hydrogen (secondary N) is 1. The van der Waals surface area contributed by atoms with Crippen LogP contribution in [0, 0.1) is 0 Å². The van der Waals surface area contributed by atoms with Crippen molar-refractivity contribution in [2.45, 2.75) is 52.0 Å². The minimum atomic E-state index is -0.439. The first-order valence-corrected chi connectivity index (χ1v) is 5.82. The van der Waals surface area contributed by atoms with Crippen LogP contribution in [0.15, 0.2) is 11.3 Å². The van der Waals surface area contributed by atoms with Gasteiger partial charge in [0, 0.05) is 0 Å². The first-order valence-electron chi connectivity index (χ1n) is 5.82. The predicted molar refractivity (Wildman–Crippen MR) is 61.0 cm³/mol. The molecular weight excluding hydrogens is 206 g/mol. The Morgan fingerprint density at radius 2 is 2.06 bits per heavy atom. The SMILES string of the molecule is CCCCCCC1NC(=O)C(C(C)=O)=C1O. The van der Waals surface area contributed by atoms with Crippen molar-refractivity contribution >= 4 is 11.7 Å². The molecule has 0 aliphatic carbocycles. The van der Waals surface area contributed by atoms with Crippen LogP contribution >= 0.6 is 0 Å². The molecule has 1 aliphatic heterocycles. The van der Waals surface area contributed by atoms with Crippen LogP contribution in [-0.2, 0) is 9.59 Å². The van der Waals surface area contributed by atoms with Gasteiger partial charge in [0.15, 0.2) is 5.78 Å². The molecule has 16 heavy (non-hydrogen) atoms. The molecule has 1 atom stereocenters. The number of carbonyl (C=O) groups excluding carboxylic acids is 2. The summed E-state index contributed by atoms with van der Waals surface area (Å²) in [5.74, 6) is -0.884. The summed E-state index contributed by atoms with van der Waals surface area (Å²) >= 11 is 0. The van der Waals surface area contributed by atoms with Crippen LogP contribution < -0.4 is 5.32 Å². The summed E-state index contributed by atoms with van der Waals surface area (Å²) in [6, 6.07) is -0.358. The molecule has 2 N–H and O–H groups in total. The topological polar surface area (TPSA) is 66.4 Å². The Labute approximate surface area is 95.7 Å². The van der Waals surface area contributed by atoms with E-state index in [0.29, 0.717) is 6.42 Å². The minimum Gasteiger partial charge on any atom is -0.509 e. The van der Waals surface area contributed by atoms with Gasteiger partial charge in [-0.25, -0.2) is 0 Å². The van der Waals surface area contributed by atoms with E-state index in [-0.39, 0.29) is 23.2 Å². The third-order valence-corrected chi connectivity index (χ3v) is 2.82. The lowest BCUT2D eigenvalue weighted by Gasteiger charge is -2.10. The molecule has 0 spiro atoms. The number of carbonyl (C=O) groups is 2. The van der Waals surface area contributed by atoms with Gasteiger partial charge in [-0.15, -0.1) is 0 Å². The van der Waals surface area contributed by atoms with E-state index < -0.39 is 5.91 Å². The van der Waals surface area contributed by atoms with E-state index in [0.717, 1.165) is 25.7 Å². The third kappa shape index (κ3) is 2.84. The number of rotatable bonds is 6. The van der Waals surface area contributed by atoms with Crippen molar-refractivity contribution in [3.8, 4) is 0 Å². The molecule has 1 rings (SSSR count). The van der Waals surface area contributed by atoms with Crippen molar-refractivity contribution < 1.29 is 14.7 Å². The maximum absolute atomic E-state index is 11.4. The van der Waals surface area contributed by atoms with Gasteiger partial charge < -0.3 is 10.4 Å². The Kier molecular flexibility index (Phi) is 4.52. The number of aliphatic hydroxyl groups is 1. The van der Waals surface area contributed by atoms with Crippen molar-refractivity contribution in [3.05, 3.63) is 11.3 Å². The highest BCUT2D eigenvalue weighted by atomic mass is 16.3. The predicted octanol–water partition coefficient (Wildman–Crippen LogP) is 1.86. The molecule has 4 nitrogen and oxygen atoms in total. The summed E-state index contributed by atoms with van der Waals surface area (Å²) in [4.78, 5) is 22.5. The average molecular weight is 225 g/mol. The highest BCUT2D eigenvalue weighted by Gasteiger charge is 2.33. The zero-order chi connectivity index (χ0) is 12.1. The molecule has 1 unspecified atom stereocenters. The van der Waals surface area contributed by atoms with Crippen molar-refractivity contribution in [2.24, 2.45) is 0 Å². The van der Waals surface area contributed by atoms with Gasteiger partial charge in [0.2, 0.25) is 0 Å². The molecule has 1 amide bonds. The van der Waals surface area contributed by atoms with Gasteiger partial charge in [0.05, 0.1) is 6.04 Å². The van der Waals surface area contributed by atoms with Crippen LogP contribution in [0.3, 0.4) is 0 Å². The largest absolute Gasteiger partial charge is 0.509 e. The summed E-state index contributed by atoms with van der Waals surface area (Å²) in [6.07, 6.45) is 5.05. The number of aliphatic hydroxyl groups excluding tert-OH is 1. The van der Waals surface area contributed by atoms with Gasteiger partial charge in [-0.2, -0.15) is 0 Å². The van der Waals surface area contributed by atoms with Gasteiger partial charge in [0.1, 0.15) is 11.3 Å². The first-order chi connectivity index (χ1) is 7.57. The molecule has 0 aromatic rings. The second kappa shape index (κ2) is 5.68. The van der Waals surface area contributed by atoms with Crippen LogP contribution in [0.4, 0.5) is 0 Å². The second-order valence-corrected chi connectivity index (χ2v) is 4.19. The highest BCUT2D eigenvalue weighted by molar-refractivity contribution is 6.20. The smallest absolute Gasteiger partial charge is 0.258 e. The fourth-order valence-electron chi connectivity index (χ4n) is 1.91. The third-order valence-electron chi connectivity index (χ3n) is 2.82. The summed E-state index contributed by atoms with van der Waals surface area (Å²) in [5.41, 5.74) is -0.0690. The zero-order valence-electron chi connectivity index (χ0n) is 9.88. The lowest BCUT2D eigenvalue weighted by atomic mass is 10.1.